The summed E-state index contributed by atoms with van der Waals surface area (Å²) in [6, 6.07) is 8.71. The zero-order valence-corrected chi connectivity index (χ0v) is 13.6. The zero-order valence-electron chi connectivity index (χ0n) is 12.8. The summed E-state index contributed by atoms with van der Waals surface area (Å²) in [6.07, 6.45) is 0. The lowest BCUT2D eigenvalue weighted by molar-refractivity contribution is -0.141. The van der Waals surface area contributed by atoms with E-state index in [4.69, 9.17) is 5.14 Å². The van der Waals surface area contributed by atoms with Gasteiger partial charge in [-0.3, -0.25) is 4.79 Å². The summed E-state index contributed by atoms with van der Waals surface area (Å²) < 4.78 is 26.7. The van der Waals surface area contributed by atoms with E-state index in [0.29, 0.717) is 11.0 Å². The monoisotopic (exact) mass is 349 g/mol. The molecule has 0 aliphatic rings. The molecule has 10 heteroatoms. The van der Waals surface area contributed by atoms with Gasteiger partial charge in [-0.1, -0.05) is 12.1 Å². The third-order valence-corrected chi connectivity index (χ3v) is 3.89. The van der Waals surface area contributed by atoms with Crippen molar-refractivity contribution in [2.75, 3.05) is 24.7 Å². The number of methoxy groups -OCH3 is 1. The number of nitriles is 1. The Balaban J connectivity index is 2.47. The number of fused-ring (bicyclic) bond motifs is 1. The Bertz CT molecular complexity index is 907. The van der Waals surface area contributed by atoms with Crippen LogP contribution >= 0.6 is 0 Å². The highest BCUT2D eigenvalue weighted by Crippen LogP contribution is 2.24. The van der Waals surface area contributed by atoms with E-state index >= 15 is 0 Å². The minimum atomic E-state index is -3.66. The smallest absolute Gasteiger partial charge is 0.329 e. The molecular weight excluding hydrogens is 334 g/mol. The fourth-order valence-corrected chi connectivity index (χ4v) is 2.39. The number of hydrogen-bond donors (Lipinski definition) is 2. The number of aromatic nitrogens is 2. The van der Waals surface area contributed by atoms with Gasteiger partial charge in [0.05, 0.1) is 30.0 Å². The molecule has 0 bridgehead atoms. The fraction of sp³-hybridized carbons (Fsp3) is 0.286. The first-order valence-corrected chi connectivity index (χ1v) is 8.55. The molecule has 2 aromatic rings. The molecule has 9 nitrogen and oxygen atoms in total. The van der Waals surface area contributed by atoms with Crippen molar-refractivity contribution >= 4 is 32.8 Å². The van der Waals surface area contributed by atoms with Gasteiger partial charge >= 0.3 is 5.97 Å². The highest BCUT2D eigenvalue weighted by molar-refractivity contribution is 7.89. The number of carbonyl (C=O) groups is 1. The van der Waals surface area contributed by atoms with Gasteiger partial charge in [-0.2, -0.15) is 5.26 Å². The topological polar surface area (TPSA) is 148 Å². The largest absolute Gasteiger partial charge is 0.468 e. The highest BCUT2D eigenvalue weighted by Gasteiger charge is 2.27. The third-order valence-electron chi connectivity index (χ3n) is 3.12. The van der Waals surface area contributed by atoms with E-state index < -0.39 is 21.9 Å². The zero-order chi connectivity index (χ0) is 17.7. The number of hydrogen-bond acceptors (Lipinski definition) is 8. The molecule has 0 saturated carbocycles. The van der Waals surface area contributed by atoms with Crippen molar-refractivity contribution < 1.29 is 17.9 Å². The molecule has 0 fully saturated rings. The van der Waals surface area contributed by atoms with E-state index in [1.54, 1.807) is 24.3 Å². The lowest BCUT2D eigenvalue weighted by Gasteiger charge is -2.14. The van der Waals surface area contributed by atoms with Crippen molar-refractivity contribution in [1.29, 1.82) is 5.26 Å². The Morgan fingerprint density at radius 2 is 2.00 bits per heavy atom. The molecule has 0 aliphatic carbocycles. The first-order chi connectivity index (χ1) is 11.4. The van der Waals surface area contributed by atoms with E-state index in [1.807, 2.05) is 6.07 Å². The van der Waals surface area contributed by atoms with Gasteiger partial charge in [-0.15, -0.1) is 0 Å². The Morgan fingerprint density at radius 3 is 2.54 bits per heavy atom. The second-order valence-corrected chi connectivity index (χ2v) is 6.56. The number of sulfonamides is 1. The van der Waals surface area contributed by atoms with Crippen LogP contribution in [0.1, 0.15) is 11.6 Å². The van der Waals surface area contributed by atoms with Crippen molar-refractivity contribution in [2.45, 2.75) is 5.92 Å². The maximum atomic E-state index is 11.8. The van der Waals surface area contributed by atoms with E-state index in [0.717, 1.165) is 7.11 Å². The number of para-hydroxylation sites is 2. The molecule has 3 N–H and O–H groups in total. The van der Waals surface area contributed by atoms with Crippen LogP contribution in [0.5, 0.6) is 0 Å². The second kappa shape index (κ2) is 7.20. The number of ether oxygens (including phenoxy) is 1. The first kappa shape index (κ1) is 17.6. The van der Waals surface area contributed by atoms with Gasteiger partial charge < -0.3 is 10.1 Å². The van der Waals surface area contributed by atoms with Gasteiger partial charge in [-0.05, 0) is 12.1 Å². The van der Waals surface area contributed by atoms with Crippen LogP contribution in [0.4, 0.5) is 5.82 Å². The fourth-order valence-electron chi connectivity index (χ4n) is 2.00. The average molecular weight is 349 g/mol. The van der Waals surface area contributed by atoms with Crippen LogP contribution in [0.3, 0.4) is 0 Å². The number of nitrogens with two attached hydrogens (primary N) is 1. The normalized spacial score (nSPS) is 12.4. The summed E-state index contributed by atoms with van der Waals surface area (Å²) in [6.45, 7) is -0.0435. The van der Waals surface area contributed by atoms with E-state index in [-0.39, 0.29) is 23.8 Å². The molecule has 0 unspecified atom stereocenters. The minimum absolute atomic E-state index is 0.0435. The summed E-state index contributed by atoms with van der Waals surface area (Å²) in [7, 11) is -2.50. The summed E-state index contributed by atoms with van der Waals surface area (Å²) in [4.78, 5) is 20.4. The quantitative estimate of drug-likeness (QED) is 0.698. The second-order valence-electron chi connectivity index (χ2n) is 4.83. The van der Waals surface area contributed by atoms with Gasteiger partial charge in [0.15, 0.2) is 11.7 Å². The molecule has 0 saturated heterocycles. The number of esters is 1. The van der Waals surface area contributed by atoms with E-state index in [1.165, 1.54) is 0 Å². The highest BCUT2D eigenvalue weighted by atomic mass is 32.2. The molecule has 0 radical (unpaired) electrons. The molecular formula is C14H15N5O4S. The molecule has 126 valence electrons. The first-order valence-electron chi connectivity index (χ1n) is 6.84. The molecule has 0 aliphatic heterocycles. The standard InChI is InChI=1S/C14H15N5O4S/c1-23-14(20)9(8-15)12-13(17-6-7-24(16,21)22)19-11-5-3-2-4-10(11)18-12/h2-5,9H,6-7H2,1H3,(H,17,19)(H2,16,21,22)/t9-/m1/s1. The number of primary sulfonamides is 1. The van der Waals surface area contributed by atoms with Gasteiger partial charge in [0.1, 0.15) is 5.69 Å². The molecule has 1 heterocycles. The predicted octanol–water partition coefficient (Wildman–Crippen LogP) is 0.110. The Labute approximate surface area is 138 Å². The summed E-state index contributed by atoms with van der Waals surface area (Å²) in [5, 5.41) is 17.0. The Hall–Kier alpha value is -2.77. The summed E-state index contributed by atoms with van der Waals surface area (Å²) >= 11 is 0. The third kappa shape index (κ3) is 4.15. The maximum Gasteiger partial charge on any atom is 0.329 e. The van der Waals surface area contributed by atoms with Crippen LogP contribution in [0.15, 0.2) is 24.3 Å². The van der Waals surface area contributed by atoms with E-state index in [2.05, 4.69) is 20.0 Å². The maximum absolute atomic E-state index is 11.8. The summed E-state index contributed by atoms with van der Waals surface area (Å²) in [5.74, 6) is -2.27. The van der Waals surface area contributed by atoms with E-state index in [9.17, 15) is 18.5 Å². The number of anilines is 1. The SMILES string of the molecule is COC(=O)[C@H](C#N)c1nc2ccccc2nc1NCCS(N)(=O)=O. The Kier molecular flexibility index (Phi) is 5.28. The number of benzene rings is 1. The number of rotatable bonds is 6. The summed E-state index contributed by atoms with van der Waals surface area (Å²) in [5.41, 5.74) is 1.09. The van der Waals surface area contributed by atoms with Crippen molar-refractivity contribution in [3.05, 3.63) is 30.0 Å². The average Bonchev–Trinajstić information content (AvgIpc) is 2.54. The number of nitrogens with zero attached hydrogens (tertiary/aromatic N) is 3. The van der Waals surface area contributed by atoms with Crippen LogP contribution in [0.25, 0.3) is 11.0 Å². The molecule has 0 amide bonds. The molecule has 1 aromatic heterocycles. The number of carbonyl (C=O) groups excluding carboxylic acids is 1. The van der Waals surface area contributed by atoms with Crippen molar-refractivity contribution in [1.82, 2.24) is 9.97 Å². The molecule has 0 spiro atoms. The van der Waals surface area contributed by atoms with Crippen LogP contribution in [-0.2, 0) is 19.6 Å². The van der Waals surface area contributed by atoms with Crippen molar-refractivity contribution in [2.24, 2.45) is 5.14 Å². The molecule has 2 rings (SSSR count). The molecule has 1 aromatic carbocycles. The number of nitrogens with one attached hydrogen (secondary N) is 1. The molecule has 1 atom stereocenters. The van der Waals surface area contributed by atoms with Crippen molar-refractivity contribution in [3.63, 3.8) is 0 Å². The van der Waals surface area contributed by atoms with Gasteiger partial charge in [0.25, 0.3) is 0 Å². The van der Waals surface area contributed by atoms with Gasteiger partial charge in [0, 0.05) is 6.54 Å². The Morgan fingerprint density at radius 1 is 1.38 bits per heavy atom. The van der Waals surface area contributed by atoms with Crippen LogP contribution in [0, 0.1) is 11.3 Å². The van der Waals surface area contributed by atoms with Crippen LogP contribution in [-0.4, -0.2) is 43.8 Å². The lowest BCUT2D eigenvalue weighted by atomic mass is 10.1. The van der Waals surface area contributed by atoms with Crippen LogP contribution in [0.2, 0.25) is 0 Å². The molecule has 24 heavy (non-hydrogen) atoms. The van der Waals surface area contributed by atoms with Crippen LogP contribution < -0.4 is 10.5 Å². The van der Waals surface area contributed by atoms with Gasteiger partial charge in [-0.25, -0.2) is 23.5 Å². The van der Waals surface area contributed by atoms with Gasteiger partial charge in [0.2, 0.25) is 10.0 Å². The van der Waals surface area contributed by atoms with Crippen molar-refractivity contribution in [3.8, 4) is 6.07 Å². The lowest BCUT2D eigenvalue weighted by Crippen LogP contribution is -2.24. The minimum Gasteiger partial charge on any atom is -0.468 e. The predicted molar refractivity (Wildman–Crippen MR) is 86.4 cm³/mol.